The summed E-state index contributed by atoms with van der Waals surface area (Å²) >= 11 is 0. The van der Waals surface area contributed by atoms with E-state index in [1.165, 1.54) is 12.1 Å². The second-order valence-electron chi connectivity index (χ2n) is 9.88. The van der Waals surface area contributed by atoms with Crippen LogP contribution >= 0.6 is 0 Å². The van der Waals surface area contributed by atoms with E-state index < -0.39 is 17.9 Å². The highest BCUT2D eigenvalue weighted by atomic mass is 16.5. The molecule has 0 spiro atoms. The lowest BCUT2D eigenvalue weighted by Gasteiger charge is -2.13. The molecule has 0 aliphatic rings. The van der Waals surface area contributed by atoms with E-state index in [9.17, 15) is 14.4 Å². The van der Waals surface area contributed by atoms with E-state index in [4.69, 9.17) is 9.47 Å². The van der Waals surface area contributed by atoms with Crippen LogP contribution in [0, 0.1) is 0 Å². The highest BCUT2D eigenvalue weighted by Crippen LogP contribution is 2.25. The van der Waals surface area contributed by atoms with Gasteiger partial charge in [-0.25, -0.2) is 9.59 Å². The molecule has 0 saturated carbocycles. The molecule has 0 unspecified atom stereocenters. The van der Waals surface area contributed by atoms with Crippen LogP contribution in [0.5, 0.6) is 11.5 Å². The number of urea groups is 1. The molecular formula is C36H31N3O5. The van der Waals surface area contributed by atoms with E-state index in [1.807, 2.05) is 79.7 Å². The maximum Gasteiger partial charge on any atom is 0.340 e. The Balaban J connectivity index is 1.25. The van der Waals surface area contributed by atoms with Crippen molar-refractivity contribution < 1.29 is 23.9 Å². The summed E-state index contributed by atoms with van der Waals surface area (Å²) in [5.41, 5.74) is 2.93. The molecule has 5 aromatic rings. The first kappa shape index (κ1) is 29.6. The van der Waals surface area contributed by atoms with Crippen molar-refractivity contribution in [3.63, 3.8) is 0 Å². The number of anilines is 3. The van der Waals surface area contributed by atoms with Crippen LogP contribution in [0.2, 0.25) is 0 Å². The van der Waals surface area contributed by atoms with Crippen molar-refractivity contribution in [1.29, 1.82) is 0 Å². The third-order valence-electron chi connectivity index (χ3n) is 6.67. The smallest absolute Gasteiger partial charge is 0.340 e. The number of para-hydroxylation sites is 1. The van der Waals surface area contributed by atoms with Crippen molar-refractivity contribution in [2.75, 3.05) is 22.6 Å². The third kappa shape index (κ3) is 7.68. The van der Waals surface area contributed by atoms with Gasteiger partial charge in [0.25, 0.3) is 0 Å². The maximum atomic E-state index is 13.0. The van der Waals surface area contributed by atoms with Gasteiger partial charge in [0.2, 0.25) is 5.91 Å². The maximum absolute atomic E-state index is 13.0. The first-order valence-corrected chi connectivity index (χ1v) is 14.1. The van der Waals surface area contributed by atoms with Gasteiger partial charge in [-0.2, -0.15) is 0 Å². The lowest BCUT2D eigenvalue weighted by molar-refractivity contribution is -0.111. The van der Waals surface area contributed by atoms with E-state index in [-0.39, 0.29) is 17.9 Å². The Morgan fingerprint density at radius 2 is 1.34 bits per heavy atom. The highest BCUT2D eigenvalue weighted by Gasteiger charge is 2.16. The largest absolute Gasteiger partial charge is 0.462 e. The molecule has 0 heterocycles. The zero-order valence-electron chi connectivity index (χ0n) is 24.3. The van der Waals surface area contributed by atoms with Crippen molar-refractivity contribution in [2.45, 2.75) is 13.8 Å². The molecule has 5 rings (SSSR count). The lowest BCUT2D eigenvalue weighted by atomic mass is 10.0. The van der Waals surface area contributed by atoms with Crippen molar-refractivity contribution in [3.05, 3.63) is 132 Å². The molecule has 8 heteroatoms. The Bertz CT molecular complexity index is 1830. The van der Waals surface area contributed by atoms with E-state index in [2.05, 4.69) is 16.0 Å². The topological polar surface area (TPSA) is 106 Å². The lowest BCUT2D eigenvalue weighted by Crippen LogP contribution is -2.20. The Kier molecular flexibility index (Phi) is 9.32. The molecular weight excluding hydrogens is 554 g/mol. The summed E-state index contributed by atoms with van der Waals surface area (Å²) in [6.45, 7) is 3.69. The van der Waals surface area contributed by atoms with Crippen molar-refractivity contribution >= 4 is 51.3 Å². The predicted octanol–water partition coefficient (Wildman–Crippen LogP) is 8.49. The predicted molar refractivity (Wildman–Crippen MR) is 174 cm³/mol. The minimum absolute atomic E-state index is 0.108. The zero-order chi connectivity index (χ0) is 30.9. The van der Waals surface area contributed by atoms with Crippen LogP contribution in [-0.4, -0.2) is 24.5 Å². The SMILES string of the molecule is CCOC(=O)c1cc(NC(=O)Nc2ccc(Oc3ccccc3)cc2)ccc1NC(=O)/C=C(/C)c1ccc2ccccc2c1. The second kappa shape index (κ2) is 13.8. The number of hydrogen-bond donors (Lipinski definition) is 3. The number of allylic oxidation sites excluding steroid dienone is 1. The summed E-state index contributed by atoms with van der Waals surface area (Å²) in [6.07, 6.45) is 1.48. The normalized spacial score (nSPS) is 11.0. The number of amides is 3. The van der Waals surface area contributed by atoms with Gasteiger partial charge in [0.1, 0.15) is 11.5 Å². The number of carbonyl (C=O) groups is 3. The quantitative estimate of drug-likeness (QED) is 0.119. The van der Waals surface area contributed by atoms with Gasteiger partial charge in [-0.1, -0.05) is 54.6 Å². The van der Waals surface area contributed by atoms with Gasteiger partial charge < -0.3 is 25.4 Å². The van der Waals surface area contributed by atoms with E-state index in [0.717, 1.165) is 21.9 Å². The molecule has 0 fully saturated rings. The van der Waals surface area contributed by atoms with Crippen molar-refractivity contribution in [3.8, 4) is 11.5 Å². The number of fused-ring (bicyclic) bond motifs is 1. The number of ether oxygens (including phenoxy) is 2. The van der Waals surface area contributed by atoms with Crippen LogP contribution in [-0.2, 0) is 9.53 Å². The molecule has 3 amide bonds. The van der Waals surface area contributed by atoms with E-state index >= 15 is 0 Å². The fourth-order valence-electron chi connectivity index (χ4n) is 4.52. The number of benzene rings is 5. The van der Waals surface area contributed by atoms with Crippen LogP contribution in [0.25, 0.3) is 16.3 Å². The molecule has 0 radical (unpaired) electrons. The van der Waals surface area contributed by atoms with Gasteiger partial charge in [0.15, 0.2) is 0 Å². The minimum atomic E-state index is -0.629. The van der Waals surface area contributed by atoms with Gasteiger partial charge in [-0.15, -0.1) is 0 Å². The molecule has 44 heavy (non-hydrogen) atoms. The zero-order valence-corrected chi connectivity index (χ0v) is 24.3. The number of hydrogen-bond acceptors (Lipinski definition) is 5. The van der Waals surface area contributed by atoms with Crippen molar-refractivity contribution in [2.24, 2.45) is 0 Å². The molecule has 220 valence electrons. The molecule has 0 aliphatic carbocycles. The fraction of sp³-hybridized carbons (Fsp3) is 0.0833. The first-order chi connectivity index (χ1) is 21.4. The van der Waals surface area contributed by atoms with Crippen LogP contribution in [0.4, 0.5) is 21.9 Å². The van der Waals surface area contributed by atoms with Crippen LogP contribution in [0.1, 0.15) is 29.8 Å². The summed E-state index contributed by atoms with van der Waals surface area (Å²) in [6, 6.07) is 34.4. The number of nitrogens with one attached hydrogen (secondary N) is 3. The molecule has 5 aromatic carbocycles. The summed E-state index contributed by atoms with van der Waals surface area (Å²) in [4.78, 5) is 38.5. The number of esters is 1. The molecule has 3 N–H and O–H groups in total. The highest BCUT2D eigenvalue weighted by molar-refractivity contribution is 6.09. The summed E-state index contributed by atoms with van der Waals surface area (Å²) in [5.74, 6) is 0.302. The minimum Gasteiger partial charge on any atom is -0.462 e. The summed E-state index contributed by atoms with van der Waals surface area (Å²) < 4.78 is 11.0. The molecule has 8 nitrogen and oxygen atoms in total. The molecule has 0 aromatic heterocycles. The molecule has 0 saturated heterocycles. The van der Waals surface area contributed by atoms with E-state index in [0.29, 0.717) is 22.9 Å². The van der Waals surface area contributed by atoms with Gasteiger partial charge in [0.05, 0.1) is 17.9 Å². The summed E-state index contributed by atoms with van der Waals surface area (Å²) in [5, 5.41) is 10.4. The fourth-order valence-corrected chi connectivity index (χ4v) is 4.52. The van der Waals surface area contributed by atoms with Crippen LogP contribution < -0.4 is 20.7 Å². The van der Waals surface area contributed by atoms with Crippen molar-refractivity contribution in [1.82, 2.24) is 0 Å². The van der Waals surface area contributed by atoms with Gasteiger partial charge >= 0.3 is 12.0 Å². The first-order valence-electron chi connectivity index (χ1n) is 14.1. The molecule has 0 atom stereocenters. The summed E-state index contributed by atoms with van der Waals surface area (Å²) in [7, 11) is 0. The monoisotopic (exact) mass is 585 g/mol. The third-order valence-corrected chi connectivity index (χ3v) is 6.67. The Morgan fingerprint density at radius 3 is 2.09 bits per heavy atom. The van der Waals surface area contributed by atoms with Crippen LogP contribution in [0.15, 0.2) is 121 Å². The van der Waals surface area contributed by atoms with Crippen LogP contribution in [0.3, 0.4) is 0 Å². The average molecular weight is 586 g/mol. The van der Waals surface area contributed by atoms with Gasteiger partial charge in [-0.05, 0) is 96.4 Å². The second-order valence-corrected chi connectivity index (χ2v) is 9.88. The Hall–Kier alpha value is -5.89. The van der Waals surface area contributed by atoms with Gasteiger partial charge in [-0.3, -0.25) is 4.79 Å². The molecule has 0 aliphatic heterocycles. The van der Waals surface area contributed by atoms with Gasteiger partial charge in [0, 0.05) is 17.5 Å². The number of rotatable bonds is 9. The average Bonchev–Trinajstić information content (AvgIpc) is 3.03. The Labute approximate surface area is 255 Å². The number of carbonyl (C=O) groups excluding carboxylic acids is 3. The van der Waals surface area contributed by atoms with E-state index in [1.54, 1.807) is 43.3 Å². The Morgan fingerprint density at radius 1 is 0.682 bits per heavy atom. The molecule has 0 bridgehead atoms. The standard InChI is InChI=1S/C36H31N3O5/c1-3-43-35(41)32-23-29(38-36(42)37-28-15-18-31(19-16-28)44-30-11-5-4-6-12-30)17-20-33(32)39-34(40)21-24(2)26-14-13-25-9-7-8-10-27(25)22-26/h4-23H,3H2,1-2H3,(H,39,40)(H2,37,38,42)/b24-21-.